The van der Waals surface area contributed by atoms with E-state index in [0.717, 1.165) is 31.7 Å². The minimum Gasteiger partial charge on any atom is -0.337 e. The first-order valence-corrected chi connectivity index (χ1v) is 7.18. The number of hydrogen-bond acceptors (Lipinski definition) is 1. The van der Waals surface area contributed by atoms with Crippen molar-refractivity contribution in [3.8, 4) is 0 Å². The van der Waals surface area contributed by atoms with Crippen LogP contribution in [0.25, 0.3) is 0 Å². The van der Waals surface area contributed by atoms with Gasteiger partial charge in [0.2, 0.25) is 0 Å². The summed E-state index contributed by atoms with van der Waals surface area (Å²) < 4.78 is 13.8. The molecule has 0 radical (unpaired) electrons. The lowest BCUT2D eigenvalue weighted by Gasteiger charge is -2.35. The summed E-state index contributed by atoms with van der Waals surface area (Å²) in [6.45, 7) is 0. The van der Waals surface area contributed by atoms with Crippen molar-refractivity contribution in [2.75, 3.05) is 7.05 Å². The first kappa shape index (κ1) is 14.6. The number of nitrogens with zero attached hydrogens (tertiary/aromatic N) is 1. The van der Waals surface area contributed by atoms with Crippen molar-refractivity contribution in [3.05, 3.63) is 34.6 Å². The fraction of sp³-hybridized carbons (Fsp3) is 0.500. The van der Waals surface area contributed by atoms with Crippen LogP contribution in [0.15, 0.2) is 18.2 Å². The number of hydrogen-bond donors (Lipinski definition) is 0. The van der Waals surface area contributed by atoms with E-state index in [-0.39, 0.29) is 27.9 Å². The quantitative estimate of drug-likeness (QED) is 0.753. The van der Waals surface area contributed by atoms with Crippen LogP contribution >= 0.6 is 23.2 Å². The fourth-order valence-corrected chi connectivity index (χ4v) is 3.11. The molecular weight excluding hydrogens is 288 g/mol. The van der Waals surface area contributed by atoms with Crippen LogP contribution in [0.2, 0.25) is 5.02 Å². The summed E-state index contributed by atoms with van der Waals surface area (Å²) in [6, 6.07) is 4.06. The topological polar surface area (TPSA) is 20.3 Å². The van der Waals surface area contributed by atoms with Gasteiger partial charge in [-0.05, 0) is 31.0 Å². The predicted molar refractivity (Wildman–Crippen MR) is 75.4 cm³/mol. The van der Waals surface area contributed by atoms with Crippen LogP contribution in [-0.4, -0.2) is 29.3 Å². The molecule has 1 aromatic carbocycles. The van der Waals surface area contributed by atoms with E-state index < -0.39 is 5.82 Å². The molecule has 1 fully saturated rings. The van der Waals surface area contributed by atoms with Crippen molar-refractivity contribution in [2.24, 2.45) is 0 Å². The van der Waals surface area contributed by atoms with Crippen molar-refractivity contribution < 1.29 is 9.18 Å². The van der Waals surface area contributed by atoms with Crippen LogP contribution in [-0.2, 0) is 0 Å². The highest BCUT2D eigenvalue weighted by Gasteiger charge is 2.30. The number of halogens is 3. The van der Waals surface area contributed by atoms with E-state index >= 15 is 0 Å². The van der Waals surface area contributed by atoms with Gasteiger partial charge in [0.25, 0.3) is 5.91 Å². The molecule has 1 saturated carbocycles. The van der Waals surface area contributed by atoms with Gasteiger partial charge in [0, 0.05) is 18.1 Å². The molecule has 104 valence electrons. The largest absolute Gasteiger partial charge is 0.337 e. The van der Waals surface area contributed by atoms with Crippen LogP contribution < -0.4 is 0 Å². The van der Waals surface area contributed by atoms with Crippen LogP contribution in [0.5, 0.6) is 0 Å². The maximum Gasteiger partial charge on any atom is 0.256 e. The average molecular weight is 304 g/mol. The van der Waals surface area contributed by atoms with Gasteiger partial charge in [-0.25, -0.2) is 4.39 Å². The van der Waals surface area contributed by atoms with Gasteiger partial charge in [0.1, 0.15) is 5.82 Å². The molecule has 2 atom stereocenters. The molecule has 0 aliphatic heterocycles. The lowest BCUT2D eigenvalue weighted by molar-refractivity contribution is 0.0695. The van der Waals surface area contributed by atoms with E-state index in [0.29, 0.717) is 0 Å². The number of carbonyl (C=O) groups excluding carboxylic acids is 1. The molecule has 0 N–H and O–H groups in total. The van der Waals surface area contributed by atoms with Crippen LogP contribution in [0.3, 0.4) is 0 Å². The Balaban J connectivity index is 2.18. The van der Waals surface area contributed by atoms with Crippen molar-refractivity contribution >= 4 is 29.1 Å². The first-order valence-electron chi connectivity index (χ1n) is 6.37. The first-order chi connectivity index (χ1) is 9.00. The molecule has 0 heterocycles. The van der Waals surface area contributed by atoms with Gasteiger partial charge in [-0.1, -0.05) is 24.4 Å². The molecule has 1 aliphatic carbocycles. The van der Waals surface area contributed by atoms with Gasteiger partial charge in [-0.15, -0.1) is 11.6 Å². The number of carbonyl (C=O) groups is 1. The zero-order valence-corrected chi connectivity index (χ0v) is 12.2. The Bertz CT molecular complexity index is 481. The minimum atomic E-state index is -0.591. The molecule has 2 nitrogen and oxygen atoms in total. The second-order valence-corrected chi connectivity index (χ2v) is 5.91. The molecule has 1 aliphatic rings. The van der Waals surface area contributed by atoms with Gasteiger partial charge in [0.05, 0.1) is 10.9 Å². The van der Waals surface area contributed by atoms with Crippen LogP contribution in [0.4, 0.5) is 4.39 Å². The summed E-state index contributed by atoms with van der Waals surface area (Å²) in [4.78, 5) is 13.9. The Morgan fingerprint density at radius 1 is 1.37 bits per heavy atom. The Hall–Kier alpha value is -0.800. The summed E-state index contributed by atoms with van der Waals surface area (Å²) in [5.41, 5.74) is 0.0429. The lowest BCUT2D eigenvalue weighted by Crippen LogP contribution is -2.44. The molecule has 2 unspecified atom stereocenters. The molecule has 2 rings (SSSR count). The highest BCUT2D eigenvalue weighted by molar-refractivity contribution is 6.30. The van der Waals surface area contributed by atoms with Crippen molar-refractivity contribution in [2.45, 2.75) is 37.1 Å². The van der Waals surface area contributed by atoms with Gasteiger partial charge < -0.3 is 4.90 Å². The summed E-state index contributed by atoms with van der Waals surface area (Å²) in [6.07, 6.45) is 3.90. The van der Waals surface area contributed by atoms with Crippen molar-refractivity contribution in [1.29, 1.82) is 0 Å². The molecule has 0 aromatic heterocycles. The average Bonchev–Trinajstić information content (AvgIpc) is 2.38. The van der Waals surface area contributed by atoms with E-state index in [1.807, 2.05) is 0 Å². The standard InChI is InChI=1S/C14H16Cl2FNO/c1-18(13-5-3-2-4-11(13)16)14(19)10-7-6-9(15)8-12(10)17/h6-8,11,13H,2-5H2,1H3. The molecule has 19 heavy (non-hydrogen) atoms. The second-order valence-electron chi connectivity index (χ2n) is 4.91. The summed E-state index contributed by atoms with van der Waals surface area (Å²) >= 11 is 12.0. The number of alkyl halides is 1. The number of benzene rings is 1. The van der Waals surface area contributed by atoms with E-state index in [1.165, 1.54) is 12.1 Å². The van der Waals surface area contributed by atoms with Gasteiger partial charge in [-0.2, -0.15) is 0 Å². The number of rotatable bonds is 2. The normalized spacial score (nSPS) is 23.2. The number of amides is 1. The molecule has 1 amide bonds. The van der Waals surface area contributed by atoms with Crippen LogP contribution in [0.1, 0.15) is 36.0 Å². The monoisotopic (exact) mass is 303 g/mol. The molecular formula is C14H16Cl2FNO. The Kier molecular flexibility index (Phi) is 4.69. The van der Waals surface area contributed by atoms with Gasteiger partial charge in [0.15, 0.2) is 0 Å². The SMILES string of the molecule is CN(C(=O)c1ccc(Cl)cc1F)C1CCCCC1Cl. The second kappa shape index (κ2) is 6.10. The predicted octanol–water partition coefficient (Wildman–Crippen LogP) is 4.10. The van der Waals surface area contributed by atoms with E-state index in [1.54, 1.807) is 11.9 Å². The fourth-order valence-electron chi connectivity index (χ4n) is 2.51. The Morgan fingerprint density at radius 3 is 2.68 bits per heavy atom. The molecule has 0 saturated heterocycles. The van der Waals surface area contributed by atoms with Gasteiger partial charge in [-0.3, -0.25) is 4.79 Å². The summed E-state index contributed by atoms with van der Waals surface area (Å²) in [5.74, 6) is -0.932. The van der Waals surface area contributed by atoms with Crippen molar-refractivity contribution in [1.82, 2.24) is 4.90 Å². The van der Waals surface area contributed by atoms with E-state index in [2.05, 4.69) is 0 Å². The van der Waals surface area contributed by atoms with E-state index in [9.17, 15) is 9.18 Å². The Morgan fingerprint density at radius 2 is 2.05 bits per heavy atom. The third-order valence-corrected chi connectivity index (χ3v) is 4.37. The molecule has 0 spiro atoms. The smallest absolute Gasteiger partial charge is 0.256 e. The summed E-state index contributed by atoms with van der Waals surface area (Å²) in [7, 11) is 1.68. The molecule has 5 heteroatoms. The molecule has 1 aromatic rings. The van der Waals surface area contributed by atoms with E-state index in [4.69, 9.17) is 23.2 Å². The lowest BCUT2D eigenvalue weighted by atomic mass is 9.93. The zero-order chi connectivity index (χ0) is 14.0. The highest BCUT2D eigenvalue weighted by atomic mass is 35.5. The molecule has 0 bridgehead atoms. The van der Waals surface area contributed by atoms with Crippen LogP contribution in [0, 0.1) is 5.82 Å². The third-order valence-electron chi connectivity index (χ3n) is 3.63. The minimum absolute atomic E-state index is 0.0296. The Labute approximate surface area is 122 Å². The maximum absolute atomic E-state index is 13.8. The summed E-state index contributed by atoms with van der Waals surface area (Å²) in [5, 5.41) is 0.225. The third kappa shape index (κ3) is 3.21. The van der Waals surface area contributed by atoms with Gasteiger partial charge >= 0.3 is 0 Å². The van der Waals surface area contributed by atoms with Crippen molar-refractivity contribution in [3.63, 3.8) is 0 Å². The highest BCUT2D eigenvalue weighted by Crippen LogP contribution is 2.28. The zero-order valence-electron chi connectivity index (χ0n) is 10.7. The maximum atomic E-state index is 13.8.